The number of aromatic nitrogens is 2. The maximum Gasteiger partial charge on any atom is 0.274 e. The summed E-state index contributed by atoms with van der Waals surface area (Å²) in [7, 11) is 0. The summed E-state index contributed by atoms with van der Waals surface area (Å²) in [6.45, 7) is 3.60. The highest BCUT2D eigenvalue weighted by Gasteiger charge is 2.14. The zero-order chi connectivity index (χ0) is 18.7. The molecule has 2 aromatic carbocycles. The standard InChI is InChI=1S/C19H16F2N4O/c1-11-5-3-4-6-15(11)24-18-10-17(22-12(2)23-18)19(26)25-16-8-7-13(20)9-14(16)21/h3-10H,1-2H3,(H,25,26)(H,22,23,24). The van der Waals surface area contributed by atoms with E-state index in [0.717, 1.165) is 23.4 Å². The Labute approximate surface area is 149 Å². The van der Waals surface area contributed by atoms with Crippen LogP contribution in [0.15, 0.2) is 48.5 Å². The van der Waals surface area contributed by atoms with Crippen LogP contribution in [-0.4, -0.2) is 15.9 Å². The number of nitrogens with one attached hydrogen (secondary N) is 2. The molecular formula is C19H16F2N4O. The van der Waals surface area contributed by atoms with Crippen molar-refractivity contribution in [1.82, 2.24) is 9.97 Å². The van der Waals surface area contributed by atoms with Crippen molar-refractivity contribution in [2.75, 3.05) is 10.6 Å². The average molecular weight is 354 g/mol. The van der Waals surface area contributed by atoms with Gasteiger partial charge in [-0.05, 0) is 37.6 Å². The van der Waals surface area contributed by atoms with Crippen molar-refractivity contribution in [3.05, 3.63) is 77.2 Å². The molecule has 1 aromatic heterocycles. The first-order valence-electron chi connectivity index (χ1n) is 7.87. The van der Waals surface area contributed by atoms with Gasteiger partial charge in [-0.25, -0.2) is 18.7 Å². The summed E-state index contributed by atoms with van der Waals surface area (Å²) >= 11 is 0. The van der Waals surface area contributed by atoms with E-state index in [9.17, 15) is 13.6 Å². The van der Waals surface area contributed by atoms with Crippen molar-refractivity contribution in [3.63, 3.8) is 0 Å². The van der Waals surface area contributed by atoms with Gasteiger partial charge in [0.2, 0.25) is 0 Å². The molecule has 26 heavy (non-hydrogen) atoms. The summed E-state index contributed by atoms with van der Waals surface area (Å²) < 4.78 is 26.7. The fraction of sp³-hybridized carbons (Fsp3) is 0.105. The van der Waals surface area contributed by atoms with Gasteiger partial charge in [0.25, 0.3) is 5.91 Å². The third-order valence-electron chi connectivity index (χ3n) is 3.66. The molecule has 0 aliphatic heterocycles. The minimum Gasteiger partial charge on any atom is -0.340 e. The predicted octanol–water partition coefficient (Wildman–Crippen LogP) is 4.37. The van der Waals surface area contributed by atoms with Crippen LogP contribution < -0.4 is 10.6 Å². The highest BCUT2D eigenvalue weighted by atomic mass is 19.1. The second-order valence-electron chi connectivity index (χ2n) is 5.70. The van der Waals surface area contributed by atoms with Gasteiger partial charge >= 0.3 is 0 Å². The number of nitrogens with zero attached hydrogens (tertiary/aromatic N) is 2. The summed E-state index contributed by atoms with van der Waals surface area (Å²) in [5.74, 6) is -1.37. The molecule has 0 bridgehead atoms. The molecule has 0 radical (unpaired) electrons. The normalized spacial score (nSPS) is 10.5. The molecule has 0 atom stereocenters. The first kappa shape index (κ1) is 17.5. The molecule has 5 nitrogen and oxygen atoms in total. The Kier molecular flexibility index (Phi) is 4.88. The highest BCUT2D eigenvalue weighted by Crippen LogP contribution is 2.20. The minimum atomic E-state index is -0.859. The summed E-state index contributed by atoms with van der Waals surface area (Å²) in [5, 5.41) is 5.52. The topological polar surface area (TPSA) is 66.9 Å². The third kappa shape index (κ3) is 4.00. The smallest absolute Gasteiger partial charge is 0.274 e. The lowest BCUT2D eigenvalue weighted by molar-refractivity contribution is 0.102. The molecule has 2 N–H and O–H groups in total. The second-order valence-corrected chi connectivity index (χ2v) is 5.70. The van der Waals surface area contributed by atoms with Crippen LogP contribution in [0.3, 0.4) is 0 Å². The number of carbonyl (C=O) groups is 1. The first-order valence-corrected chi connectivity index (χ1v) is 7.87. The van der Waals surface area contributed by atoms with Crippen LogP contribution in [0.4, 0.5) is 26.0 Å². The van der Waals surface area contributed by atoms with E-state index in [-0.39, 0.29) is 11.4 Å². The number of hydrogen-bond donors (Lipinski definition) is 2. The van der Waals surface area contributed by atoms with Crippen LogP contribution in [0.1, 0.15) is 21.9 Å². The molecule has 0 aliphatic carbocycles. The third-order valence-corrected chi connectivity index (χ3v) is 3.66. The Balaban J connectivity index is 1.85. The van der Waals surface area contributed by atoms with Crippen LogP contribution in [-0.2, 0) is 0 Å². The molecule has 0 saturated carbocycles. The van der Waals surface area contributed by atoms with Crippen molar-refractivity contribution >= 4 is 23.1 Å². The van der Waals surface area contributed by atoms with Gasteiger partial charge in [-0.15, -0.1) is 0 Å². The number of anilines is 3. The Hall–Kier alpha value is -3.35. The fourth-order valence-electron chi connectivity index (χ4n) is 2.38. The molecule has 3 rings (SSSR count). The molecule has 0 fully saturated rings. The van der Waals surface area contributed by atoms with Gasteiger partial charge in [0.05, 0.1) is 5.69 Å². The van der Waals surface area contributed by atoms with Crippen LogP contribution in [0.2, 0.25) is 0 Å². The van der Waals surface area contributed by atoms with E-state index in [4.69, 9.17) is 0 Å². The van der Waals surface area contributed by atoms with E-state index >= 15 is 0 Å². The molecule has 3 aromatic rings. The van der Waals surface area contributed by atoms with E-state index in [2.05, 4.69) is 20.6 Å². The number of hydrogen-bond acceptors (Lipinski definition) is 4. The molecule has 0 saturated heterocycles. The number of amides is 1. The number of para-hydroxylation sites is 1. The van der Waals surface area contributed by atoms with E-state index in [1.165, 1.54) is 6.07 Å². The number of benzene rings is 2. The van der Waals surface area contributed by atoms with E-state index < -0.39 is 17.5 Å². The summed E-state index contributed by atoms with van der Waals surface area (Å²) in [6.07, 6.45) is 0. The lowest BCUT2D eigenvalue weighted by atomic mass is 10.2. The predicted molar refractivity (Wildman–Crippen MR) is 95.5 cm³/mol. The van der Waals surface area contributed by atoms with Crippen LogP contribution in [0.25, 0.3) is 0 Å². The van der Waals surface area contributed by atoms with Crippen LogP contribution in [0, 0.1) is 25.5 Å². The quantitative estimate of drug-likeness (QED) is 0.730. The van der Waals surface area contributed by atoms with Crippen LogP contribution in [0.5, 0.6) is 0 Å². The maximum absolute atomic E-state index is 13.7. The van der Waals surface area contributed by atoms with Gasteiger partial charge in [-0.1, -0.05) is 18.2 Å². The Bertz CT molecular complexity index is 976. The summed E-state index contributed by atoms with van der Waals surface area (Å²) in [4.78, 5) is 20.7. The summed E-state index contributed by atoms with van der Waals surface area (Å²) in [6, 6.07) is 12.0. The molecule has 7 heteroatoms. The van der Waals surface area contributed by atoms with Gasteiger partial charge in [-0.2, -0.15) is 0 Å². The van der Waals surface area contributed by atoms with E-state index in [0.29, 0.717) is 17.7 Å². The minimum absolute atomic E-state index is 0.0670. The van der Waals surface area contributed by atoms with Gasteiger partial charge in [0, 0.05) is 17.8 Å². The zero-order valence-electron chi connectivity index (χ0n) is 14.2. The summed E-state index contributed by atoms with van der Waals surface area (Å²) in [5.41, 5.74) is 1.81. The lowest BCUT2D eigenvalue weighted by Crippen LogP contribution is -2.16. The number of carbonyl (C=O) groups excluding carboxylic acids is 1. The lowest BCUT2D eigenvalue weighted by Gasteiger charge is -2.11. The second kappa shape index (κ2) is 7.26. The number of halogens is 2. The molecule has 0 aliphatic rings. The average Bonchev–Trinajstić information content (AvgIpc) is 2.59. The first-order chi connectivity index (χ1) is 12.4. The Morgan fingerprint density at radius 3 is 2.46 bits per heavy atom. The Morgan fingerprint density at radius 1 is 0.962 bits per heavy atom. The number of rotatable bonds is 4. The van der Waals surface area contributed by atoms with Gasteiger partial charge < -0.3 is 10.6 Å². The highest BCUT2D eigenvalue weighted by molar-refractivity contribution is 6.03. The Morgan fingerprint density at radius 2 is 1.73 bits per heavy atom. The molecular weight excluding hydrogens is 338 g/mol. The fourth-order valence-corrected chi connectivity index (χ4v) is 2.38. The molecule has 0 spiro atoms. The molecule has 1 amide bonds. The van der Waals surface area contributed by atoms with Crippen LogP contribution >= 0.6 is 0 Å². The van der Waals surface area contributed by atoms with Crippen molar-refractivity contribution < 1.29 is 13.6 Å². The van der Waals surface area contributed by atoms with Gasteiger partial charge in [0.15, 0.2) is 0 Å². The van der Waals surface area contributed by atoms with Crippen molar-refractivity contribution in [2.24, 2.45) is 0 Å². The van der Waals surface area contributed by atoms with Crippen molar-refractivity contribution in [3.8, 4) is 0 Å². The maximum atomic E-state index is 13.7. The van der Waals surface area contributed by atoms with Gasteiger partial charge in [-0.3, -0.25) is 4.79 Å². The van der Waals surface area contributed by atoms with E-state index in [1.54, 1.807) is 6.92 Å². The van der Waals surface area contributed by atoms with Crippen molar-refractivity contribution in [2.45, 2.75) is 13.8 Å². The van der Waals surface area contributed by atoms with Gasteiger partial charge in [0.1, 0.15) is 29.0 Å². The molecule has 1 heterocycles. The molecule has 0 unspecified atom stereocenters. The SMILES string of the molecule is Cc1nc(Nc2ccccc2C)cc(C(=O)Nc2ccc(F)cc2F)n1. The largest absolute Gasteiger partial charge is 0.340 e. The monoisotopic (exact) mass is 354 g/mol. The van der Waals surface area contributed by atoms with E-state index in [1.807, 2.05) is 31.2 Å². The van der Waals surface area contributed by atoms with Crippen molar-refractivity contribution in [1.29, 1.82) is 0 Å². The zero-order valence-corrected chi connectivity index (χ0v) is 14.2. The number of aryl methyl sites for hydroxylation is 2. The molecule has 132 valence electrons.